The topological polar surface area (TPSA) is 61.8 Å². The maximum Gasteiger partial charge on any atom is 0.343 e. The van der Waals surface area contributed by atoms with Crippen molar-refractivity contribution in [3.05, 3.63) is 59.7 Å². The van der Waals surface area contributed by atoms with Crippen LogP contribution >= 0.6 is 0 Å². The number of hydrogen-bond acceptors (Lipinski definition) is 5. The summed E-state index contributed by atoms with van der Waals surface area (Å²) in [4.78, 5) is 24.9. The third-order valence-electron chi connectivity index (χ3n) is 4.73. The number of unbranched alkanes of at least 4 members (excludes halogenated alkanes) is 6. The summed E-state index contributed by atoms with van der Waals surface area (Å²) in [5.74, 6) is -0.144. The quantitative estimate of drug-likeness (QED) is 0.205. The lowest BCUT2D eigenvalue weighted by molar-refractivity contribution is 0.0497. The van der Waals surface area contributed by atoms with Crippen molar-refractivity contribution in [1.29, 1.82) is 0 Å². The first-order valence-corrected chi connectivity index (χ1v) is 11.3. The van der Waals surface area contributed by atoms with Crippen LogP contribution in [0.4, 0.5) is 0 Å². The van der Waals surface area contributed by atoms with Crippen molar-refractivity contribution in [3.63, 3.8) is 0 Å². The molecule has 2 aromatic carbocycles. The molecule has 31 heavy (non-hydrogen) atoms. The highest BCUT2D eigenvalue weighted by atomic mass is 16.6. The van der Waals surface area contributed by atoms with Crippen molar-refractivity contribution in [2.75, 3.05) is 6.61 Å². The monoisotopic (exact) mass is 426 g/mol. The molecular weight excluding hydrogens is 392 g/mol. The van der Waals surface area contributed by atoms with Crippen LogP contribution in [0.2, 0.25) is 0 Å². The van der Waals surface area contributed by atoms with Crippen molar-refractivity contribution in [1.82, 2.24) is 0 Å². The summed E-state index contributed by atoms with van der Waals surface area (Å²) in [6.45, 7) is 6.40. The maximum atomic E-state index is 12.6. The first kappa shape index (κ1) is 24.4. The lowest BCUT2D eigenvalue weighted by atomic mass is 10.1. The summed E-state index contributed by atoms with van der Waals surface area (Å²) in [6, 6.07) is 13.4. The Morgan fingerprint density at radius 3 is 2.06 bits per heavy atom. The Kier molecular flexibility index (Phi) is 10.6. The molecule has 0 fully saturated rings. The number of hydrogen-bond donors (Lipinski definition) is 0. The first-order chi connectivity index (χ1) is 15.0. The standard InChI is InChI=1S/C26H34O5/c1-4-5-6-7-8-9-12-18-29-25(27)21-14-13-15-22(19-21)26(28)31-24-17-11-10-16-23(24)30-20(2)3/h10-11,13-17,19-20H,4-9,12,18H2,1-3H3. The van der Waals surface area contributed by atoms with E-state index in [1.165, 1.54) is 38.2 Å². The van der Waals surface area contributed by atoms with E-state index in [-0.39, 0.29) is 11.7 Å². The Balaban J connectivity index is 1.87. The van der Waals surface area contributed by atoms with Crippen molar-refractivity contribution in [3.8, 4) is 11.5 Å². The van der Waals surface area contributed by atoms with Crippen LogP contribution in [-0.4, -0.2) is 24.6 Å². The third kappa shape index (κ3) is 8.83. The minimum absolute atomic E-state index is 0.0470. The van der Waals surface area contributed by atoms with E-state index in [9.17, 15) is 9.59 Å². The summed E-state index contributed by atoms with van der Waals surface area (Å²) in [6.07, 6.45) is 8.06. The number of rotatable bonds is 13. The van der Waals surface area contributed by atoms with E-state index in [1.54, 1.807) is 36.4 Å². The Morgan fingerprint density at radius 1 is 0.774 bits per heavy atom. The molecule has 2 rings (SSSR count). The van der Waals surface area contributed by atoms with Crippen LogP contribution in [0, 0.1) is 0 Å². The van der Waals surface area contributed by atoms with Crippen LogP contribution in [0.15, 0.2) is 48.5 Å². The van der Waals surface area contributed by atoms with Gasteiger partial charge >= 0.3 is 11.9 Å². The summed E-state index contributed by atoms with van der Waals surface area (Å²) < 4.78 is 16.5. The molecule has 0 bridgehead atoms. The fourth-order valence-electron chi connectivity index (χ4n) is 3.13. The molecule has 0 N–H and O–H groups in total. The van der Waals surface area contributed by atoms with Gasteiger partial charge in [-0.05, 0) is 50.6 Å². The molecule has 0 amide bonds. The molecule has 5 nitrogen and oxygen atoms in total. The highest BCUT2D eigenvalue weighted by Crippen LogP contribution is 2.28. The minimum atomic E-state index is -0.554. The Morgan fingerprint density at radius 2 is 1.39 bits per heavy atom. The largest absolute Gasteiger partial charge is 0.487 e. The molecule has 0 heterocycles. The molecular formula is C26H34O5. The average molecular weight is 427 g/mol. The van der Waals surface area contributed by atoms with Gasteiger partial charge in [-0.3, -0.25) is 0 Å². The van der Waals surface area contributed by atoms with Gasteiger partial charge < -0.3 is 14.2 Å². The predicted molar refractivity (Wildman–Crippen MR) is 122 cm³/mol. The van der Waals surface area contributed by atoms with Crippen LogP contribution in [0.3, 0.4) is 0 Å². The predicted octanol–water partition coefficient (Wildman–Crippen LogP) is 6.60. The second-order valence-corrected chi connectivity index (χ2v) is 7.84. The number of para-hydroxylation sites is 2. The maximum absolute atomic E-state index is 12.6. The lowest BCUT2D eigenvalue weighted by Crippen LogP contribution is -2.13. The van der Waals surface area contributed by atoms with Crippen LogP contribution < -0.4 is 9.47 Å². The molecule has 0 aliphatic rings. The van der Waals surface area contributed by atoms with E-state index in [1.807, 2.05) is 19.9 Å². The van der Waals surface area contributed by atoms with Gasteiger partial charge in [-0.1, -0.05) is 63.6 Å². The Hall–Kier alpha value is -2.82. The highest BCUT2D eigenvalue weighted by Gasteiger charge is 2.15. The molecule has 0 atom stereocenters. The van der Waals surface area contributed by atoms with E-state index in [0.717, 1.165) is 12.8 Å². The number of carbonyl (C=O) groups is 2. The molecule has 0 unspecified atom stereocenters. The number of benzene rings is 2. The van der Waals surface area contributed by atoms with Gasteiger partial charge in [0.2, 0.25) is 0 Å². The van der Waals surface area contributed by atoms with Crippen LogP contribution in [-0.2, 0) is 4.74 Å². The molecule has 0 radical (unpaired) electrons. The van der Waals surface area contributed by atoms with Gasteiger partial charge in [0.1, 0.15) is 0 Å². The van der Waals surface area contributed by atoms with Gasteiger partial charge in [0.25, 0.3) is 0 Å². The second kappa shape index (κ2) is 13.5. The molecule has 0 aliphatic carbocycles. The van der Waals surface area contributed by atoms with Crippen LogP contribution in [0.25, 0.3) is 0 Å². The lowest BCUT2D eigenvalue weighted by Gasteiger charge is -2.14. The molecule has 0 saturated carbocycles. The SMILES string of the molecule is CCCCCCCCCOC(=O)c1cccc(C(=O)Oc2ccccc2OC(C)C)c1. The number of ether oxygens (including phenoxy) is 3. The molecule has 168 valence electrons. The van der Waals surface area contributed by atoms with Crippen molar-refractivity contribution in [2.24, 2.45) is 0 Å². The molecule has 0 spiro atoms. The zero-order valence-corrected chi connectivity index (χ0v) is 18.9. The van der Waals surface area contributed by atoms with E-state index < -0.39 is 11.9 Å². The third-order valence-corrected chi connectivity index (χ3v) is 4.73. The van der Waals surface area contributed by atoms with Crippen LogP contribution in [0.1, 0.15) is 86.4 Å². The number of esters is 2. The summed E-state index contributed by atoms with van der Waals surface area (Å²) in [7, 11) is 0. The summed E-state index contributed by atoms with van der Waals surface area (Å²) in [5, 5.41) is 0. The van der Waals surface area contributed by atoms with E-state index in [0.29, 0.717) is 23.7 Å². The summed E-state index contributed by atoms with van der Waals surface area (Å²) in [5.41, 5.74) is 0.619. The average Bonchev–Trinajstić information content (AvgIpc) is 2.76. The Bertz CT molecular complexity index is 828. The van der Waals surface area contributed by atoms with Gasteiger partial charge in [-0.2, -0.15) is 0 Å². The second-order valence-electron chi connectivity index (χ2n) is 7.84. The molecule has 0 aliphatic heterocycles. The van der Waals surface area contributed by atoms with Gasteiger partial charge in [0.15, 0.2) is 11.5 Å². The molecule has 5 heteroatoms. The fourth-order valence-corrected chi connectivity index (χ4v) is 3.13. The summed E-state index contributed by atoms with van der Waals surface area (Å²) >= 11 is 0. The van der Waals surface area contributed by atoms with E-state index >= 15 is 0 Å². The molecule has 0 aromatic heterocycles. The van der Waals surface area contributed by atoms with E-state index in [4.69, 9.17) is 14.2 Å². The van der Waals surface area contributed by atoms with Gasteiger partial charge in [-0.25, -0.2) is 9.59 Å². The van der Waals surface area contributed by atoms with Gasteiger partial charge in [-0.15, -0.1) is 0 Å². The zero-order chi connectivity index (χ0) is 22.5. The smallest absolute Gasteiger partial charge is 0.343 e. The van der Waals surface area contributed by atoms with Crippen molar-refractivity contribution < 1.29 is 23.8 Å². The van der Waals surface area contributed by atoms with Crippen LogP contribution in [0.5, 0.6) is 11.5 Å². The number of carbonyl (C=O) groups excluding carboxylic acids is 2. The van der Waals surface area contributed by atoms with Gasteiger partial charge in [0.05, 0.1) is 23.8 Å². The minimum Gasteiger partial charge on any atom is -0.487 e. The molecule has 2 aromatic rings. The zero-order valence-electron chi connectivity index (χ0n) is 18.9. The molecule has 0 saturated heterocycles. The fraction of sp³-hybridized carbons (Fsp3) is 0.462. The normalized spacial score (nSPS) is 10.7. The van der Waals surface area contributed by atoms with Crippen molar-refractivity contribution in [2.45, 2.75) is 71.8 Å². The highest BCUT2D eigenvalue weighted by molar-refractivity contribution is 5.96. The van der Waals surface area contributed by atoms with Gasteiger partial charge in [0, 0.05) is 0 Å². The Labute approximate surface area is 185 Å². The first-order valence-electron chi connectivity index (χ1n) is 11.3. The van der Waals surface area contributed by atoms with E-state index in [2.05, 4.69) is 6.92 Å². The van der Waals surface area contributed by atoms with Crippen molar-refractivity contribution >= 4 is 11.9 Å².